The van der Waals surface area contributed by atoms with E-state index in [0.29, 0.717) is 11.6 Å². The number of hydrogen-bond donors (Lipinski definition) is 2. The van der Waals surface area contributed by atoms with Crippen molar-refractivity contribution in [2.24, 2.45) is 5.41 Å². The smallest absolute Gasteiger partial charge is 0.310 e. The summed E-state index contributed by atoms with van der Waals surface area (Å²) in [6.45, 7) is 3.70. The van der Waals surface area contributed by atoms with Crippen molar-refractivity contribution < 1.29 is 9.90 Å². The first-order chi connectivity index (χ1) is 7.33. The minimum absolute atomic E-state index is 0.350. The second kappa shape index (κ2) is 5.06. The van der Waals surface area contributed by atoms with Crippen molar-refractivity contribution in [3.8, 4) is 0 Å². The number of hydrogen-bond acceptors (Lipinski definition) is 2. The lowest BCUT2D eigenvalue weighted by Crippen LogP contribution is -2.31. The van der Waals surface area contributed by atoms with Crippen LogP contribution >= 0.6 is 27.5 Å². The molecule has 16 heavy (non-hydrogen) atoms. The van der Waals surface area contributed by atoms with E-state index in [0.717, 1.165) is 10.2 Å². The van der Waals surface area contributed by atoms with E-state index in [-0.39, 0.29) is 0 Å². The van der Waals surface area contributed by atoms with Crippen LogP contribution in [0.2, 0.25) is 5.02 Å². The van der Waals surface area contributed by atoms with Crippen molar-refractivity contribution in [1.29, 1.82) is 0 Å². The standard InChI is InChI=1S/C11H13BrClNO2/c1-11(2,10(15)16)6-14-9-4-3-7(13)5-8(9)12/h3-5,14H,6H2,1-2H3,(H,15,16). The third-order valence-electron chi connectivity index (χ3n) is 2.23. The van der Waals surface area contributed by atoms with E-state index in [9.17, 15) is 4.79 Å². The molecule has 0 radical (unpaired) electrons. The van der Waals surface area contributed by atoms with Gasteiger partial charge >= 0.3 is 5.97 Å². The molecule has 2 N–H and O–H groups in total. The van der Waals surface area contributed by atoms with Gasteiger partial charge in [-0.3, -0.25) is 4.79 Å². The van der Waals surface area contributed by atoms with E-state index in [4.69, 9.17) is 16.7 Å². The highest BCUT2D eigenvalue weighted by molar-refractivity contribution is 9.10. The molecule has 0 aliphatic carbocycles. The van der Waals surface area contributed by atoms with Gasteiger partial charge in [0, 0.05) is 21.7 Å². The molecule has 0 fully saturated rings. The van der Waals surface area contributed by atoms with Gasteiger partial charge in [-0.05, 0) is 48.0 Å². The molecule has 0 unspecified atom stereocenters. The lowest BCUT2D eigenvalue weighted by atomic mass is 9.94. The van der Waals surface area contributed by atoms with Crippen LogP contribution in [0.15, 0.2) is 22.7 Å². The lowest BCUT2D eigenvalue weighted by molar-refractivity contribution is -0.146. The summed E-state index contributed by atoms with van der Waals surface area (Å²) in [6.07, 6.45) is 0. The number of nitrogens with one attached hydrogen (secondary N) is 1. The van der Waals surface area contributed by atoms with Crippen LogP contribution < -0.4 is 5.32 Å². The van der Waals surface area contributed by atoms with Gasteiger partial charge in [0.2, 0.25) is 0 Å². The Morgan fingerprint density at radius 1 is 1.56 bits per heavy atom. The fourth-order valence-corrected chi connectivity index (χ4v) is 1.85. The first-order valence-corrected chi connectivity index (χ1v) is 5.92. The Labute approximate surface area is 108 Å². The molecule has 0 aliphatic heterocycles. The van der Waals surface area contributed by atoms with Gasteiger partial charge in [-0.1, -0.05) is 11.6 Å². The van der Waals surface area contributed by atoms with Gasteiger partial charge in [-0.25, -0.2) is 0 Å². The number of carboxylic acid groups (broad SMARTS) is 1. The number of anilines is 1. The number of aliphatic carboxylic acids is 1. The summed E-state index contributed by atoms with van der Waals surface area (Å²) in [5, 5.41) is 12.7. The lowest BCUT2D eigenvalue weighted by Gasteiger charge is -2.20. The molecule has 1 aromatic rings. The highest BCUT2D eigenvalue weighted by atomic mass is 79.9. The Hall–Kier alpha value is -0.740. The predicted molar refractivity (Wildman–Crippen MR) is 69.1 cm³/mol. The van der Waals surface area contributed by atoms with E-state index < -0.39 is 11.4 Å². The molecule has 0 spiro atoms. The molecule has 0 saturated heterocycles. The van der Waals surface area contributed by atoms with E-state index in [2.05, 4.69) is 21.2 Å². The van der Waals surface area contributed by atoms with Crippen LogP contribution in [0.25, 0.3) is 0 Å². The predicted octanol–water partition coefficient (Wildman–Crippen LogP) is 3.63. The van der Waals surface area contributed by atoms with Crippen LogP contribution in [0.3, 0.4) is 0 Å². The molecular formula is C11H13BrClNO2. The maximum atomic E-state index is 10.9. The Balaban J connectivity index is 2.72. The third-order valence-corrected chi connectivity index (χ3v) is 3.12. The first-order valence-electron chi connectivity index (χ1n) is 4.75. The molecule has 1 rings (SSSR count). The first kappa shape index (κ1) is 13.3. The Morgan fingerprint density at radius 3 is 2.69 bits per heavy atom. The van der Waals surface area contributed by atoms with Crippen LogP contribution in [-0.4, -0.2) is 17.6 Å². The van der Waals surface area contributed by atoms with Crippen LogP contribution in [0, 0.1) is 5.41 Å². The summed E-state index contributed by atoms with van der Waals surface area (Å²) in [5.41, 5.74) is 0.0257. The SMILES string of the molecule is CC(C)(CNc1ccc(Cl)cc1Br)C(=O)O. The van der Waals surface area contributed by atoms with Gasteiger partial charge in [0.15, 0.2) is 0 Å². The molecule has 0 heterocycles. The summed E-state index contributed by atoms with van der Waals surface area (Å²) >= 11 is 9.16. The van der Waals surface area contributed by atoms with E-state index in [1.807, 2.05) is 6.07 Å². The minimum atomic E-state index is -0.829. The molecule has 0 aliphatic rings. The molecule has 0 amide bonds. The van der Waals surface area contributed by atoms with Gasteiger partial charge in [0.05, 0.1) is 5.41 Å². The summed E-state index contributed by atoms with van der Waals surface area (Å²) in [4.78, 5) is 10.9. The Morgan fingerprint density at radius 2 is 2.19 bits per heavy atom. The molecular weight excluding hydrogens is 293 g/mol. The summed E-state index contributed by atoms with van der Waals surface area (Å²) in [5.74, 6) is -0.829. The quantitative estimate of drug-likeness (QED) is 0.893. The number of carboxylic acids is 1. The zero-order valence-corrected chi connectivity index (χ0v) is 11.4. The Kier molecular flexibility index (Phi) is 4.21. The molecule has 3 nitrogen and oxygen atoms in total. The fraction of sp³-hybridized carbons (Fsp3) is 0.364. The zero-order chi connectivity index (χ0) is 12.3. The van der Waals surface area contributed by atoms with Crippen molar-refractivity contribution >= 4 is 39.2 Å². The molecule has 0 bridgehead atoms. The number of halogens is 2. The van der Waals surface area contributed by atoms with E-state index >= 15 is 0 Å². The normalized spacial score (nSPS) is 11.2. The molecule has 88 valence electrons. The van der Waals surface area contributed by atoms with E-state index in [1.54, 1.807) is 26.0 Å². The van der Waals surface area contributed by atoms with Crippen LogP contribution in [-0.2, 0) is 4.79 Å². The van der Waals surface area contributed by atoms with Crippen LogP contribution in [0.4, 0.5) is 5.69 Å². The number of benzene rings is 1. The molecule has 1 aromatic carbocycles. The van der Waals surface area contributed by atoms with Gasteiger partial charge in [0.25, 0.3) is 0 Å². The monoisotopic (exact) mass is 305 g/mol. The van der Waals surface area contributed by atoms with Gasteiger partial charge in [0.1, 0.15) is 0 Å². The maximum Gasteiger partial charge on any atom is 0.310 e. The minimum Gasteiger partial charge on any atom is -0.481 e. The second-order valence-electron chi connectivity index (χ2n) is 4.17. The molecule has 0 aromatic heterocycles. The average molecular weight is 307 g/mol. The summed E-state index contributed by atoms with van der Waals surface area (Å²) in [6, 6.07) is 5.32. The van der Waals surface area contributed by atoms with Crippen molar-refractivity contribution in [3.05, 3.63) is 27.7 Å². The highest BCUT2D eigenvalue weighted by Gasteiger charge is 2.26. The van der Waals surface area contributed by atoms with Crippen LogP contribution in [0.1, 0.15) is 13.8 Å². The fourth-order valence-electron chi connectivity index (χ4n) is 1.02. The maximum absolute atomic E-state index is 10.9. The second-order valence-corrected chi connectivity index (χ2v) is 5.46. The van der Waals surface area contributed by atoms with Gasteiger partial charge in [-0.2, -0.15) is 0 Å². The van der Waals surface area contributed by atoms with Crippen LogP contribution in [0.5, 0.6) is 0 Å². The molecule has 0 atom stereocenters. The van der Waals surface area contributed by atoms with Crippen molar-refractivity contribution in [1.82, 2.24) is 0 Å². The van der Waals surface area contributed by atoms with Gasteiger partial charge < -0.3 is 10.4 Å². The number of carbonyl (C=O) groups is 1. The largest absolute Gasteiger partial charge is 0.481 e. The summed E-state index contributed by atoms with van der Waals surface area (Å²) in [7, 11) is 0. The third kappa shape index (κ3) is 3.39. The molecule has 0 saturated carbocycles. The van der Waals surface area contributed by atoms with Crippen molar-refractivity contribution in [2.45, 2.75) is 13.8 Å². The van der Waals surface area contributed by atoms with Crippen molar-refractivity contribution in [3.63, 3.8) is 0 Å². The Bertz CT molecular complexity index is 407. The zero-order valence-electron chi connectivity index (χ0n) is 9.05. The molecule has 5 heteroatoms. The number of rotatable bonds is 4. The topological polar surface area (TPSA) is 49.3 Å². The highest BCUT2D eigenvalue weighted by Crippen LogP contribution is 2.27. The summed E-state index contributed by atoms with van der Waals surface area (Å²) < 4.78 is 0.821. The van der Waals surface area contributed by atoms with Crippen molar-refractivity contribution in [2.75, 3.05) is 11.9 Å². The van der Waals surface area contributed by atoms with E-state index in [1.165, 1.54) is 0 Å². The average Bonchev–Trinajstić information content (AvgIpc) is 2.16. The van der Waals surface area contributed by atoms with Gasteiger partial charge in [-0.15, -0.1) is 0 Å².